The van der Waals surface area contributed by atoms with Crippen molar-refractivity contribution in [1.29, 1.82) is 0 Å². The van der Waals surface area contributed by atoms with Crippen molar-refractivity contribution >= 4 is 93.2 Å². The van der Waals surface area contributed by atoms with Crippen LogP contribution in [0.15, 0.2) is 164 Å². The third-order valence-electron chi connectivity index (χ3n) is 12.2. The van der Waals surface area contributed by atoms with Crippen molar-refractivity contribution in [1.82, 2.24) is 39.9 Å². The van der Waals surface area contributed by atoms with Crippen molar-refractivity contribution in [3.63, 3.8) is 0 Å². The number of rotatable bonds is 1. The molecule has 0 saturated heterocycles. The predicted molar refractivity (Wildman–Crippen MR) is 251 cm³/mol. The van der Waals surface area contributed by atoms with Crippen LogP contribution >= 0.6 is 0 Å². The van der Waals surface area contributed by atoms with E-state index in [1.165, 1.54) is 5.39 Å². The number of aromatic nitrogens is 8. The van der Waals surface area contributed by atoms with E-state index in [0.717, 1.165) is 81.5 Å². The van der Waals surface area contributed by atoms with Gasteiger partial charge in [0.1, 0.15) is 22.6 Å². The Morgan fingerprint density at radius 1 is 0.333 bits per heavy atom. The molecule has 10 nitrogen and oxygen atoms in total. The van der Waals surface area contributed by atoms with Crippen LogP contribution in [0.25, 0.3) is 133 Å². The van der Waals surface area contributed by atoms with E-state index < -0.39 is 5.97 Å². The highest BCUT2D eigenvalue weighted by Crippen LogP contribution is 2.42. The van der Waals surface area contributed by atoms with E-state index in [1.807, 2.05) is 127 Å². The van der Waals surface area contributed by atoms with Gasteiger partial charge in [0, 0.05) is 49.2 Å². The molecular weight excluding hydrogens is 781 g/mol. The van der Waals surface area contributed by atoms with Crippen molar-refractivity contribution in [3.8, 4) is 45.6 Å². The van der Waals surface area contributed by atoms with Gasteiger partial charge in [-0.25, -0.2) is 34.7 Å². The maximum absolute atomic E-state index is 11.8. The van der Waals surface area contributed by atoms with Gasteiger partial charge in [0.25, 0.3) is 0 Å². The molecule has 5 heterocycles. The first-order valence-corrected chi connectivity index (χ1v) is 20.6. The second kappa shape index (κ2) is 13.3. The molecule has 294 valence electrons. The minimum atomic E-state index is -0.881. The van der Waals surface area contributed by atoms with Gasteiger partial charge in [0.2, 0.25) is 0 Å². The van der Waals surface area contributed by atoms with Crippen LogP contribution < -0.4 is 0 Å². The topological polar surface area (TPSA) is 146 Å². The Morgan fingerprint density at radius 3 is 1.10 bits per heavy atom. The summed E-state index contributed by atoms with van der Waals surface area (Å²) >= 11 is 0. The van der Waals surface area contributed by atoms with Gasteiger partial charge in [-0.05, 0) is 43.8 Å². The van der Waals surface area contributed by atoms with Crippen molar-refractivity contribution in [2.75, 3.05) is 0 Å². The molecule has 2 aliphatic rings. The Bertz CT molecular complexity index is 3770. The number of nitrogens with one attached hydrogen (secondary N) is 2. The van der Waals surface area contributed by atoms with Gasteiger partial charge in [-0.3, -0.25) is 0 Å². The zero-order valence-electron chi connectivity index (χ0n) is 33.1. The van der Waals surface area contributed by atoms with Gasteiger partial charge >= 0.3 is 5.97 Å². The zero-order valence-corrected chi connectivity index (χ0v) is 33.1. The van der Waals surface area contributed by atoms with Crippen LogP contribution in [-0.4, -0.2) is 50.9 Å². The van der Waals surface area contributed by atoms with E-state index >= 15 is 0 Å². The molecule has 0 spiro atoms. The summed E-state index contributed by atoms with van der Waals surface area (Å²) < 4.78 is 0. The Kier molecular flexibility index (Phi) is 7.38. The third-order valence-corrected chi connectivity index (χ3v) is 12.2. The number of benzene rings is 9. The van der Waals surface area contributed by atoms with Crippen LogP contribution in [0.5, 0.6) is 0 Å². The number of aromatic amines is 2. The first kappa shape index (κ1) is 34.9. The van der Waals surface area contributed by atoms with Crippen molar-refractivity contribution in [3.05, 3.63) is 169 Å². The maximum Gasteiger partial charge on any atom is 0.336 e. The number of carbonyl (C=O) groups is 1. The van der Waals surface area contributed by atoms with Gasteiger partial charge in [-0.15, -0.1) is 0 Å². The monoisotopic (exact) mass is 810 g/mol. The minimum absolute atomic E-state index is 0.368. The van der Waals surface area contributed by atoms with E-state index in [-0.39, 0.29) is 0 Å². The average molecular weight is 811 g/mol. The number of nitrogens with zero attached hydrogens (tertiary/aromatic N) is 6. The summed E-state index contributed by atoms with van der Waals surface area (Å²) in [6, 6.07) is 54.4. The zero-order chi connectivity index (χ0) is 41.8. The van der Waals surface area contributed by atoms with Crippen LogP contribution in [0.1, 0.15) is 10.4 Å². The normalized spacial score (nSPS) is 11.9. The summed E-state index contributed by atoms with van der Waals surface area (Å²) in [5.74, 6) is 1.51. The molecule has 0 saturated carbocycles. The molecule has 14 rings (SSSR count). The molecule has 0 radical (unpaired) electrons. The van der Waals surface area contributed by atoms with Gasteiger partial charge in [-0.2, -0.15) is 0 Å². The SMILES string of the molecule is O=C(O)c1ccc2cccc3c4cccc5cccc(c1c23)c54.c1ccc2c(c1)-c1nc-2nc2[nH]c(nc3nc(nc4[nH]c(n1)c1ccccc41)-c1ccccc1-3)c1ccccc21. The number of H-pyrrole nitrogens is 2. The molecule has 0 atom stereocenters. The smallest absolute Gasteiger partial charge is 0.336 e. The summed E-state index contributed by atoms with van der Waals surface area (Å²) in [6.45, 7) is 0. The molecule has 2 aliphatic heterocycles. The number of carboxylic acids is 1. The number of fused-ring (bicyclic) bond motifs is 22. The summed E-state index contributed by atoms with van der Waals surface area (Å²) in [5.41, 5.74) is 6.82. The molecule has 0 unspecified atom stereocenters. The first-order valence-electron chi connectivity index (χ1n) is 20.6. The highest BCUT2D eigenvalue weighted by atomic mass is 16.4. The number of aromatic carboxylic acids is 1. The molecule has 0 amide bonds. The highest BCUT2D eigenvalue weighted by Gasteiger charge is 2.22. The minimum Gasteiger partial charge on any atom is -0.478 e. The molecule has 9 aromatic carbocycles. The molecule has 12 aromatic rings. The van der Waals surface area contributed by atoms with Crippen LogP contribution in [0, 0.1) is 0 Å². The first-order chi connectivity index (χ1) is 31.1. The lowest BCUT2D eigenvalue weighted by molar-refractivity contribution is 0.0699. The van der Waals surface area contributed by atoms with Crippen molar-refractivity contribution in [2.45, 2.75) is 0 Å². The number of hydrogen-bond donors (Lipinski definition) is 3. The van der Waals surface area contributed by atoms with Crippen LogP contribution in [0.2, 0.25) is 0 Å². The Balaban J connectivity index is 0.000000148. The second-order valence-electron chi connectivity index (χ2n) is 15.7. The van der Waals surface area contributed by atoms with E-state index in [9.17, 15) is 9.90 Å². The standard InChI is InChI=1S/C32H18N8.C21H12O2/c1-2-10-18-17(9-1)25-33-26(18)38-28-21-13-5-6-14-22(21)30(35-28)40-32-24-16-8-7-15-23(24)31(36-32)39-29-20-12-4-3-11-19(20)27(34-29)37-25;22-21(23)17-11-10-13-6-2-8-15-14-7-1-4-12-5-3-9-16(18(12)14)20(17)19(13)15/h1-16H,(H2,33,34,35,36,37,38,39,40);1-11H,(H,22,23). The van der Waals surface area contributed by atoms with Crippen LogP contribution in [0.4, 0.5) is 0 Å². The molecular formula is C53H30N8O2. The largest absolute Gasteiger partial charge is 0.478 e. The van der Waals surface area contributed by atoms with E-state index in [2.05, 4.69) is 40.3 Å². The number of carboxylic acid groups (broad SMARTS) is 1. The van der Waals surface area contributed by atoms with Gasteiger partial charge in [0.15, 0.2) is 23.3 Å². The van der Waals surface area contributed by atoms with Crippen molar-refractivity contribution < 1.29 is 9.90 Å². The summed E-state index contributed by atoms with van der Waals surface area (Å²) in [4.78, 5) is 48.6. The molecule has 0 aliphatic carbocycles. The van der Waals surface area contributed by atoms with Crippen LogP contribution in [0.3, 0.4) is 0 Å². The fourth-order valence-corrected chi connectivity index (χ4v) is 9.43. The Labute approximate surface area is 356 Å². The fourth-order valence-electron chi connectivity index (χ4n) is 9.43. The Morgan fingerprint density at radius 2 is 0.683 bits per heavy atom. The van der Waals surface area contributed by atoms with E-state index in [0.29, 0.717) is 51.4 Å². The lowest BCUT2D eigenvalue weighted by Crippen LogP contribution is -1.99. The molecule has 3 N–H and O–H groups in total. The van der Waals surface area contributed by atoms with E-state index in [1.54, 1.807) is 6.07 Å². The lowest BCUT2D eigenvalue weighted by Gasteiger charge is -2.15. The van der Waals surface area contributed by atoms with Gasteiger partial charge < -0.3 is 15.1 Å². The van der Waals surface area contributed by atoms with Gasteiger partial charge in [0.05, 0.1) is 5.56 Å². The highest BCUT2D eigenvalue weighted by molar-refractivity contribution is 6.35. The average Bonchev–Trinajstić information content (AvgIpc) is 4.06. The lowest BCUT2D eigenvalue weighted by atomic mass is 9.88. The Hall–Kier alpha value is -8.89. The summed E-state index contributed by atoms with van der Waals surface area (Å²) in [6.07, 6.45) is 0. The van der Waals surface area contributed by atoms with Crippen LogP contribution in [-0.2, 0) is 0 Å². The molecule has 8 bridgehead atoms. The predicted octanol–water partition coefficient (Wildman–Crippen LogP) is 12.3. The quantitative estimate of drug-likeness (QED) is 0.110. The van der Waals surface area contributed by atoms with Crippen molar-refractivity contribution in [2.24, 2.45) is 0 Å². The molecule has 0 fully saturated rings. The number of hydrogen-bond acceptors (Lipinski definition) is 7. The molecule has 10 heteroatoms. The molecule has 3 aromatic heterocycles. The summed E-state index contributed by atoms with van der Waals surface area (Å²) in [5, 5.41) is 22.0. The third kappa shape index (κ3) is 5.28. The van der Waals surface area contributed by atoms with Gasteiger partial charge in [-0.1, -0.05) is 158 Å². The summed E-state index contributed by atoms with van der Waals surface area (Å²) in [7, 11) is 0. The molecule has 63 heavy (non-hydrogen) atoms. The fraction of sp³-hybridized carbons (Fsp3) is 0. The second-order valence-corrected chi connectivity index (χ2v) is 15.7. The van der Waals surface area contributed by atoms with E-state index in [4.69, 9.17) is 29.9 Å². The maximum atomic E-state index is 11.8.